The van der Waals surface area contributed by atoms with Crippen molar-refractivity contribution in [3.05, 3.63) is 29.8 Å². The van der Waals surface area contributed by atoms with Gasteiger partial charge in [0.1, 0.15) is 0 Å². The first-order valence-corrected chi connectivity index (χ1v) is 6.03. The highest BCUT2D eigenvalue weighted by Gasteiger charge is 2.44. The average molecular weight is 274 g/mol. The number of rotatable bonds is 3. The van der Waals surface area contributed by atoms with E-state index in [9.17, 15) is 14.7 Å². The molecule has 1 unspecified atom stereocenters. The Morgan fingerprint density at radius 1 is 1.45 bits per heavy atom. The molecular weight excluding hydrogens is 260 g/mol. The van der Waals surface area contributed by atoms with E-state index in [1.165, 1.54) is 0 Å². The van der Waals surface area contributed by atoms with Crippen molar-refractivity contribution in [3.63, 3.8) is 0 Å². The molecule has 2 amide bonds. The molecule has 1 aliphatic rings. The molecule has 0 aliphatic carbocycles. The molecule has 0 aromatic heterocycles. The van der Waals surface area contributed by atoms with E-state index >= 15 is 0 Å². The fourth-order valence-corrected chi connectivity index (χ4v) is 1.95. The van der Waals surface area contributed by atoms with Gasteiger partial charge >= 0.3 is 12.0 Å². The van der Waals surface area contributed by atoms with Gasteiger partial charge in [-0.1, -0.05) is 12.0 Å². The van der Waals surface area contributed by atoms with E-state index in [1.807, 2.05) is 0 Å². The van der Waals surface area contributed by atoms with Gasteiger partial charge in [-0.25, -0.2) is 9.59 Å². The number of hydrogen-bond acceptors (Lipinski definition) is 3. The molecule has 1 fully saturated rings. The molecule has 1 heterocycles. The fourth-order valence-electron chi connectivity index (χ4n) is 1.95. The van der Waals surface area contributed by atoms with Crippen molar-refractivity contribution in [1.82, 2.24) is 5.32 Å². The maximum atomic E-state index is 11.9. The Hall–Kier alpha value is -2.52. The van der Waals surface area contributed by atoms with Crippen molar-refractivity contribution in [2.45, 2.75) is 12.0 Å². The van der Waals surface area contributed by atoms with Gasteiger partial charge in [0.15, 0.2) is 5.54 Å². The Morgan fingerprint density at radius 3 is 2.85 bits per heavy atom. The lowest BCUT2D eigenvalue weighted by Gasteiger charge is -2.23. The number of carbonyl (C=O) groups excluding carboxylic acids is 1. The van der Waals surface area contributed by atoms with Crippen molar-refractivity contribution < 1.29 is 19.4 Å². The van der Waals surface area contributed by atoms with Crippen LogP contribution in [0.25, 0.3) is 0 Å². The number of carboxylic acid groups (broad SMARTS) is 1. The Morgan fingerprint density at radius 2 is 2.25 bits per heavy atom. The second-order valence-electron chi connectivity index (χ2n) is 4.49. The minimum atomic E-state index is -1.37. The summed E-state index contributed by atoms with van der Waals surface area (Å²) in [5, 5.41) is 14.2. The van der Waals surface area contributed by atoms with Crippen LogP contribution in [0.5, 0.6) is 0 Å². The van der Waals surface area contributed by atoms with Gasteiger partial charge in [-0.05, 0) is 18.2 Å². The number of anilines is 1. The summed E-state index contributed by atoms with van der Waals surface area (Å²) in [6, 6.07) is 6.12. The smallest absolute Gasteiger partial charge is 0.332 e. The van der Waals surface area contributed by atoms with Crippen LogP contribution in [0.15, 0.2) is 24.3 Å². The van der Waals surface area contributed by atoms with Crippen LogP contribution in [0.2, 0.25) is 0 Å². The third-order valence-corrected chi connectivity index (χ3v) is 3.07. The third-order valence-electron chi connectivity index (χ3n) is 3.07. The average Bonchev–Trinajstić information content (AvgIpc) is 2.88. The molecule has 1 aliphatic heterocycles. The largest absolute Gasteiger partial charge is 0.479 e. The fraction of sp³-hybridized carbons (Fsp3) is 0.286. The summed E-state index contributed by atoms with van der Waals surface area (Å²) in [6.07, 6.45) is 5.51. The molecule has 20 heavy (non-hydrogen) atoms. The van der Waals surface area contributed by atoms with Crippen LogP contribution in [0.1, 0.15) is 12.0 Å². The zero-order chi connectivity index (χ0) is 14.6. The zero-order valence-corrected chi connectivity index (χ0v) is 10.7. The monoisotopic (exact) mass is 274 g/mol. The normalized spacial score (nSPS) is 20.9. The number of carbonyl (C=O) groups is 2. The highest BCUT2D eigenvalue weighted by Crippen LogP contribution is 2.19. The van der Waals surface area contributed by atoms with Crippen LogP contribution in [0, 0.1) is 12.3 Å². The molecule has 1 aromatic carbocycles. The summed E-state index contributed by atoms with van der Waals surface area (Å²) < 4.78 is 5.06. The SMILES string of the molecule is C#Cc1cccc(NC(=O)NC2(C(=O)O)CCOC2)c1. The minimum Gasteiger partial charge on any atom is -0.479 e. The molecule has 2 rings (SSSR count). The Kier molecular flexibility index (Phi) is 3.91. The van der Waals surface area contributed by atoms with Gasteiger partial charge in [0.2, 0.25) is 0 Å². The molecular formula is C14H14N2O4. The van der Waals surface area contributed by atoms with E-state index in [4.69, 9.17) is 11.2 Å². The molecule has 104 valence electrons. The third kappa shape index (κ3) is 2.90. The highest BCUT2D eigenvalue weighted by atomic mass is 16.5. The summed E-state index contributed by atoms with van der Waals surface area (Å²) in [7, 11) is 0. The number of amides is 2. The molecule has 1 atom stereocenters. The molecule has 0 saturated carbocycles. The first-order chi connectivity index (χ1) is 9.55. The van der Waals surface area contributed by atoms with Gasteiger partial charge in [-0.15, -0.1) is 6.42 Å². The number of aliphatic carboxylic acids is 1. The van der Waals surface area contributed by atoms with E-state index in [0.717, 1.165) is 0 Å². The number of urea groups is 1. The number of ether oxygens (including phenoxy) is 1. The molecule has 0 radical (unpaired) electrons. The summed E-state index contributed by atoms with van der Waals surface area (Å²) in [5.74, 6) is 1.34. The van der Waals surface area contributed by atoms with E-state index < -0.39 is 17.5 Å². The van der Waals surface area contributed by atoms with Crippen LogP contribution in [-0.2, 0) is 9.53 Å². The predicted octanol–water partition coefficient (Wildman–Crippen LogP) is 1.03. The summed E-state index contributed by atoms with van der Waals surface area (Å²) in [4.78, 5) is 23.1. The van der Waals surface area contributed by atoms with Crippen molar-refractivity contribution in [2.24, 2.45) is 0 Å². The molecule has 6 heteroatoms. The van der Waals surface area contributed by atoms with Crippen LogP contribution in [0.3, 0.4) is 0 Å². The van der Waals surface area contributed by atoms with Crippen molar-refractivity contribution in [1.29, 1.82) is 0 Å². The molecule has 1 aromatic rings. The van der Waals surface area contributed by atoms with Crippen LogP contribution >= 0.6 is 0 Å². The summed E-state index contributed by atoms with van der Waals surface area (Å²) >= 11 is 0. The molecule has 1 saturated heterocycles. The van der Waals surface area contributed by atoms with E-state index in [2.05, 4.69) is 16.6 Å². The van der Waals surface area contributed by atoms with Crippen LogP contribution < -0.4 is 10.6 Å². The van der Waals surface area contributed by atoms with Gasteiger partial charge < -0.3 is 20.5 Å². The standard InChI is InChI=1S/C14H14N2O4/c1-2-10-4-3-5-11(8-10)15-13(19)16-14(12(17)18)6-7-20-9-14/h1,3-5,8H,6-7,9H2,(H,17,18)(H2,15,16,19). The maximum Gasteiger partial charge on any atom is 0.332 e. The molecule has 6 nitrogen and oxygen atoms in total. The van der Waals surface area contributed by atoms with Gasteiger partial charge in [0.05, 0.1) is 6.61 Å². The number of nitrogens with one attached hydrogen (secondary N) is 2. The number of terminal acetylenes is 1. The highest BCUT2D eigenvalue weighted by molar-refractivity contribution is 5.94. The van der Waals surface area contributed by atoms with E-state index in [0.29, 0.717) is 17.9 Å². The first-order valence-electron chi connectivity index (χ1n) is 6.03. The summed E-state index contributed by atoms with van der Waals surface area (Å²) in [5.41, 5.74) is -0.245. The Labute approximate surface area is 116 Å². The van der Waals surface area contributed by atoms with Gasteiger partial charge in [-0.3, -0.25) is 0 Å². The maximum absolute atomic E-state index is 11.9. The lowest BCUT2D eigenvalue weighted by molar-refractivity contribution is -0.144. The zero-order valence-electron chi connectivity index (χ0n) is 10.7. The van der Waals surface area contributed by atoms with Crippen molar-refractivity contribution in [2.75, 3.05) is 18.5 Å². The lowest BCUT2D eigenvalue weighted by Crippen LogP contribution is -2.56. The second-order valence-corrected chi connectivity index (χ2v) is 4.49. The topological polar surface area (TPSA) is 87.7 Å². The van der Waals surface area contributed by atoms with Crippen molar-refractivity contribution >= 4 is 17.7 Å². The summed E-state index contributed by atoms with van der Waals surface area (Å²) in [6.45, 7) is 0.263. The molecule has 0 bridgehead atoms. The minimum absolute atomic E-state index is 0.0415. The van der Waals surface area contributed by atoms with Gasteiger partial charge in [0.25, 0.3) is 0 Å². The van der Waals surface area contributed by atoms with E-state index in [-0.39, 0.29) is 13.0 Å². The van der Waals surface area contributed by atoms with Gasteiger partial charge in [-0.2, -0.15) is 0 Å². The van der Waals surface area contributed by atoms with Crippen molar-refractivity contribution in [3.8, 4) is 12.3 Å². The van der Waals surface area contributed by atoms with E-state index in [1.54, 1.807) is 24.3 Å². The molecule has 0 spiro atoms. The first kappa shape index (κ1) is 13.9. The van der Waals surface area contributed by atoms with Crippen LogP contribution in [-0.4, -0.2) is 35.9 Å². The quantitative estimate of drug-likeness (QED) is 0.718. The lowest BCUT2D eigenvalue weighted by atomic mass is 9.99. The van der Waals surface area contributed by atoms with Crippen LogP contribution in [0.4, 0.5) is 10.5 Å². The van der Waals surface area contributed by atoms with Gasteiger partial charge in [0, 0.05) is 24.3 Å². The number of carboxylic acids is 1. The molecule has 3 N–H and O–H groups in total. The Balaban J connectivity index is 2.05. The predicted molar refractivity (Wildman–Crippen MR) is 72.3 cm³/mol. The number of hydrogen-bond donors (Lipinski definition) is 3. The second kappa shape index (κ2) is 5.63. The Bertz CT molecular complexity index is 571. The number of benzene rings is 1.